The van der Waals surface area contributed by atoms with Gasteiger partial charge in [0, 0.05) is 62.6 Å². The van der Waals surface area contributed by atoms with E-state index in [-0.39, 0.29) is 0 Å². The van der Waals surface area contributed by atoms with Crippen LogP contribution in [-0.2, 0) is 7.05 Å². The van der Waals surface area contributed by atoms with Crippen LogP contribution in [0.2, 0.25) is 0 Å². The van der Waals surface area contributed by atoms with E-state index < -0.39 is 0 Å². The van der Waals surface area contributed by atoms with Crippen molar-refractivity contribution in [2.24, 2.45) is 7.05 Å². The van der Waals surface area contributed by atoms with Gasteiger partial charge in [0.15, 0.2) is 0 Å². The molecule has 5 rings (SSSR count). The van der Waals surface area contributed by atoms with E-state index in [0.717, 1.165) is 54.3 Å². The summed E-state index contributed by atoms with van der Waals surface area (Å²) in [7, 11) is 4.08. The zero-order valence-electron chi connectivity index (χ0n) is 16.2. The molecule has 0 amide bonds. The van der Waals surface area contributed by atoms with Crippen LogP contribution in [0.4, 0.5) is 5.69 Å². The van der Waals surface area contributed by atoms with Gasteiger partial charge in [-0.05, 0) is 49.5 Å². The number of aromatic nitrogens is 5. The minimum Gasteiger partial charge on any atom is -0.369 e. The van der Waals surface area contributed by atoms with Crippen LogP contribution >= 0.6 is 0 Å². The van der Waals surface area contributed by atoms with Crippen molar-refractivity contribution in [1.82, 2.24) is 29.4 Å². The van der Waals surface area contributed by atoms with Gasteiger partial charge in [-0.1, -0.05) is 5.21 Å². The number of hydrogen-bond donors (Lipinski definition) is 0. The number of rotatable bonds is 3. The number of piperazine rings is 1. The molecular weight excluding hydrogens is 350 g/mol. The largest absolute Gasteiger partial charge is 0.369 e. The number of benzene rings is 2. The topological polar surface area (TPSA) is 55.0 Å². The quantitative estimate of drug-likeness (QED) is 0.552. The lowest BCUT2D eigenvalue weighted by atomic mass is 10.1. The molecule has 3 heterocycles. The number of hydrogen-bond acceptors (Lipinski definition) is 5. The highest BCUT2D eigenvalue weighted by Crippen LogP contribution is 2.26. The number of fused-ring (bicyclic) bond motifs is 1. The van der Waals surface area contributed by atoms with Crippen molar-refractivity contribution in [2.75, 3.05) is 38.1 Å². The Kier molecular flexibility index (Phi) is 4.09. The molecule has 1 saturated heterocycles. The van der Waals surface area contributed by atoms with E-state index >= 15 is 0 Å². The molecule has 4 aromatic rings. The standard InChI is InChI=1S/C21H23N7/c1-25-11-13-27(14-12-25)17-5-3-16(4-6-17)21-22-9-10-28(21)18-7-8-20-19(15-18)23-24-26(20)2/h3-10,15H,11-14H2,1-2H3. The fourth-order valence-electron chi connectivity index (χ4n) is 3.79. The highest BCUT2D eigenvalue weighted by Gasteiger charge is 2.15. The summed E-state index contributed by atoms with van der Waals surface area (Å²) >= 11 is 0. The third kappa shape index (κ3) is 2.93. The van der Waals surface area contributed by atoms with Gasteiger partial charge < -0.3 is 9.80 Å². The Morgan fingerprint density at radius 2 is 1.61 bits per heavy atom. The predicted molar refractivity (Wildman–Crippen MR) is 111 cm³/mol. The van der Waals surface area contributed by atoms with Crippen molar-refractivity contribution in [3.8, 4) is 17.1 Å². The summed E-state index contributed by atoms with van der Waals surface area (Å²) in [6.45, 7) is 4.36. The third-order valence-corrected chi connectivity index (χ3v) is 5.51. The highest BCUT2D eigenvalue weighted by atomic mass is 15.4. The Labute approximate surface area is 163 Å². The Bertz CT molecular complexity index is 1100. The predicted octanol–water partition coefficient (Wildman–Crippen LogP) is 2.57. The molecule has 0 atom stereocenters. The minimum atomic E-state index is 0.880. The molecule has 142 valence electrons. The van der Waals surface area contributed by atoms with Crippen LogP contribution in [-0.4, -0.2) is 62.7 Å². The Morgan fingerprint density at radius 3 is 2.39 bits per heavy atom. The molecule has 0 bridgehead atoms. The molecule has 7 heteroatoms. The molecular formula is C21H23N7. The van der Waals surface area contributed by atoms with Gasteiger partial charge in [-0.25, -0.2) is 9.67 Å². The zero-order valence-corrected chi connectivity index (χ0v) is 16.2. The summed E-state index contributed by atoms with van der Waals surface area (Å²) in [6.07, 6.45) is 3.83. The molecule has 0 unspecified atom stereocenters. The second kappa shape index (κ2) is 6.76. The van der Waals surface area contributed by atoms with Gasteiger partial charge in [0.05, 0.1) is 5.52 Å². The fraction of sp³-hybridized carbons (Fsp3) is 0.286. The molecule has 0 N–H and O–H groups in total. The van der Waals surface area contributed by atoms with E-state index in [1.165, 1.54) is 5.69 Å². The van der Waals surface area contributed by atoms with Crippen molar-refractivity contribution in [3.05, 3.63) is 54.9 Å². The summed E-state index contributed by atoms with van der Waals surface area (Å²) in [5.41, 5.74) is 5.30. The van der Waals surface area contributed by atoms with Crippen molar-refractivity contribution < 1.29 is 0 Å². The van der Waals surface area contributed by atoms with Gasteiger partial charge in [0.2, 0.25) is 0 Å². The lowest BCUT2D eigenvalue weighted by Gasteiger charge is -2.34. The lowest BCUT2D eigenvalue weighted by Crippen LogP contribution is -2.44. The first-order valence-electron chi connectivity index (χ1n) is 9.56. The molecule has 0 spiro atoms. The second-order valence-electron chi connectivity index (χ2n) is 7.34. The molecule has 2 aromatic carbocycles. The highest BCUT2D eigenvalue weighted by molar-refractivity contribution is 5.77. The van der Waals surface area contributed by atoms with E-state index in [1.807, 2.05) is 31.6 Å². The first-order valence-corrected chi connectivity index (χ1v) is 9.56. The molecule has 2 aromatic heterocycles. The van der Waals surface area contributed by atoms with Crippen molar-refractivity contribution >= 4 is 16.7 Å². The number of nitrogens with zero attached hydrogens (tertiary/aromatic N) is 7. The maximum atomic E-state index is 4.60. The molecule has 0 aliphatic carbocycles. The van der Waals surface area contributed by atoms with Crippen LogP contribution in [0.3, 0.4) is 0 Å². The van der Waals surface area contributed by atoms with Gasteiger partial charge in [0.1, 0.15) is 11.3 Å². The van der Waals surface area contributed by atoms with Crippen LogP contribution in [0.15, 0.2) is 54.9 Å². The van der Waals surface area contributed by atoms with Crippen LogP contribution in [0.5, 0.6) is 0 Å². The summed E-state index contributed by atoms with van der Waals surface area (Å²) in [4.78, 5) is 9.42. The number of aryl methyl sites for hydroxylation is 1. The average molecular weight is 373 g/mol. The fourth-order valence-corrected chi connectivity index (χ4v) is 3.79. The molecule has 7 nitrogen and oxygen atoms in total. The zero-order chi connectivity index (χ0) is 19.1. The van der Waals surface area contributed by atoms with E-state index in [1.54, 1.807) is 4.68 Å². The first kappa shape index (κ1) is 16.9. The van der Waals surface area contributed by atoms with Gasteiger partial charge in [0.25, 0.3) is 0 Å². The Balaban J connectivity index is 1.45. The SMILES string of the molecule is CN1CCN(c2ccc(-c3nccn3-c3ccc4c(c3)nnn4C)cc2)CC1. The number of likely N-dealkylation sites (N-methyl/N-ethyl adjacent to an activating group) is 1. The normalized spacial score (nSPS) is 15.4. The van der Waals surface area contributed by atoms with Crippen molar-refractivity contribution in [2.45, 2.75) is 0 Å². The lowest BCUT2D eigenvalue weighted by molar-refractivity contribution is 0.313. The van der Waals surface area contributed by atoms with Crippen molar-refractivity contribution in [3.63, 3.8) is 0 Å². The Morgan fingerprint density at radius 1 is 0.857 bits per heavy atom. The van der Waals surface area contributed by atoms with E-state index in [0.29, 0.717) is 0 Å². The molecule has 1 aliphatic heterocycles. The van der Waals surface area contributed by atoms with Gasteiger partial charge in [-0.3, -0.25) is 4.57 Å². The summed E-state index contributed by atoms with van der Waals surface area (Å²) in [6, 6.07) is 14.9. The minimum absolute atomic E-state index is 0.880. The molecule has 0 saturated carbocycles. The maximum absolute atomic E-state index is 4.60. The maximum Gasteiger partial charge on any atom is 0.144 e. The summed E-state index contributed by atoms with van der Waals surface area (Å²) in [5, 5.41) is 8.32. The first-order chi connectivity index (χ1) is 13.7. The number of imidazole rings is 1. The van der Waals surface area contributed by atoms with Crippen LogP contribution in [0, 0.1) is 0 Å². The molecule has 1 aliphatic rings. The monoisotopic (exact) mass is 373 g/mol. The van der Waals surface area contributed by atoms with Gasteiger partial charge >= 0.3 is 0 Å². The van der Waals surface area contributed by atoms with Crippen LogP contribution in [0.25, 0.3) is 28.1 Å². The summed E-state index contributed by atoms with van der Waals surface area (Å²) in [5.74, 6) is 0.924. The molecule has 28 heavy (non-hydrogen) atoms. The van der Waals surface area contributed by atoms with Crippen molar-refractivity contribution in [1.29, 1.82) is 0 Å². The van der Waals surface area contributed by atoms with Gasteiger partial charge in [-0.2, -0.15) is 0 Å². The average Bonchev–Trinajstić information content (AvgIpc) is 3.36. The number of anilines is 1. The third-order valence-electron chi connectivity index (χ3n) is 5.51. The van der Waals surface area contributed by atoms with Crippen LogP contribution < -0.4 is 4.90 Å². The van der Waals surface area contributed by atoms with E-state index in [2.05, 4.69) is 67.0 Å². The van der Waals surface area contributed by atoms with Gasteiger partial charge in [-0.15, -0.1) is 5.10 Å². The molecule has 1 fully saturated rings. The smallest absolute Gasteiger partial charge is 0.144 e. The van der Waals surface area contributed by atoms with Crippen LogP contribution in [0.1, 0.15) is 0 Å². The van der Waals surface area contributed by atoms with E-state index in [9.17, 15) is 0 Å². The second-order valence-corrected chi connectivity index (χ2v) is 7.34. The van der Waals surface area contributed by atoms with E-state index in [4.69, 9.17) is 0 Å². The summed E-state index contributed by atoms with van der Waals surface area (Å²) < 4.78 is 3.88. The molecule has 0 radical (unpaired) electrons. The Hall–Kier alpha value is -3.19.